The third-order valence-corrected chi connectivity index (χ3v) is 7.60. The first-order valence-corrected chi connectivity index (χ1v) is 13.2. The summed E-state index contributed by atoms with van der Waals surface area (Å²) < 4.78 is 13.9. The lowest BCUT2D eigenvalue weighted by atomic mass is 9.92. The van der Waals surface area contributed by atoms with Crippen molar-refractivity contribution in [2.75, 3.05) is 18.5 Å². The summed E-state index contributed by atoms with van der Waals surface area (Å²) in [7, 11) is 0. The number of rotatable bonds is 8. The smallest absolute Gasteiger partial charge is 0.411 e. The Kier molecular flexibility index (Phi) is 6.07. The van der Waals surface area contributed by atoms with Crippen LogP contribution in [0.3, 0.4) is 0 Å². The van der Waals surface area contributed by atoms with E-state index in [9.17, 15) is 4.79 Å². The average Bonchev–Trinajstić information content (AvgIpc) is 3.47. The van der Waals surface area contributed by atoms with Gasteiger partial charge in [0.2, 0.25) is 0 Å². The molecule has 0 radical (unpaired) electrons. The second-order valence-electron chi connectivity index (χ2n) is 10.1. The fraction of sp³-hybridized carbons (Fsp3) is 0.448. The van der Waals surface area contributed by atoms with E-state index in [-0.39, 0.29) is 6.10 Å². The zero-order valence-corrected chi connectivity index (χ0v) is 21.0. The second kappa shape index (κ2) is 9.52. The number of anilines is 1. The lowest BCUT2D eigenvalue weighted by molar-refractivity contribution is 0.108. The van der Waals surface area contributed by atoms with Crippen LogP contribution >= 0.6 is 0 Å². The molecule has 1 N–H and O–H groups in total. The average molecular weight is 488 g/mol. The first kappa shape index (κ1) is 23.0. The van der Waals surface area contributed by atoms with Crippen LogP contribution < -0.4 is 10.1 Å². The highest BCUT2D eigenvalue weighted by molar-refractivity contribution is 6.16. The number of carbonyl (C=O) groups excluding carboxylic acids is 1. The van der Waals surface area contributed by atoms with Gasteiger partial charge in [-0.3, -0.25) is 5.32 Å². The van der Waals surface area contributed by atoms with Crippen LogP contribution in [0.1, 0.15) is 64.0 Å². The number of benzene rings is 2. The van der Waals surface area contributed by atoms with E-state index < -0.39 is 6.09 Å². The second-order valence-corrected chi connectivity index (χ2v) is 10.1. The molecule has 0 spiro atoms. The predicted octanol–water partition coefficient (Wildman–Crippen LogP) is 6.90. The zero-order chi connectivity index (χ0) is 24.6. The zero-order valence-electron chi connectivity index (χ0n) is 21.0. The van der Waals surface area contributed by atoms with Crippen molar-refractivity contribution in [2.24, 2.45) is 11.1 Å². The van der Waals surface area contributed by atoms with Crippen molar-refractivity contribution in [3.8, 4) is 17.0 Å². The minimum absolute atomic E-state index is 0.0407. The summed E-state index contributed by atoms with van der Waals surface area (Å²) in [4.78, 5) is 17.8. The highest BCUT2D eigenvalue weighted by Gasteiger charge is 2.32. The Morgan fingerprint density at radius 2 is 1.97 bits per heavy atom. The van der Waals surface area contributed by atoms with Crippen molar-refractivity contribution in [3.05, 3.63) is 48.0 Å². The largest absolute Gasteiger partial charge is 0.494 e. The van der Waals surface area contributed by atoms with Gasteiger partial charge in [0.15, 0.2) is 0 Å². The molecule has 7 nitrogen and oxygen atoms in total. The van der Waals surface area contributed by atoms with E-state index >= 15 is 0 Å². The Morgan fingerprint density at radius 1 is 1.17 bits per heavy atom. The van der Waals surface area contributed by atoms with Crippen molar-refractivity contribution >= 4 is 28.4 Å². The molecule has 2 saturated carbocycles. The SMILES string of the molecule is CCOc1ccc2c(C3=NOCC3)c(-c3ccc(NC(=O)OC(C)C4CC4)cc3)n(C3CCC3)c2c1. The van der Waals surface area contributed by atoms with Gasteiger partial charge in [0.25, 0.3) is 0 Å². The van der Waals surface area contributed by atoms with Gasteiger partial charge < -0.3 is 18.9 Å². The minimum atomic E-state index is -0.396. The number of nitrogens with one attached hydrogen (secondary N) is 1. The fourth-order valence-electron chi connectivity index (χ4n) is 5.32. The molecule has 2 fully saturated rings. The van der Waals surface area contributed by atoms with Crippen LogP contribution in [0.25, 0.3) is 22.2 Å². The van der Waals surface area contributed by atoms with E-state index in [1.54, 1.807) is 0 Å². The van der Waals surface area contributed by atoms with Crippen molar-refractivity contribution in [2.45, 2.75) is 64.5 Å². The number of hydrogen-bond donors (Lipinski definition) is 1. The number of oxime groups is 1. The van der Waals surface area contributed by atoms with E-state index in [1.165, 1.54) is 17.3 Å². The molecule has 6 rings (SSSR count). The number of ether oxygens (including phenoxy) is 2. The molecule has 1 aliphatic heterocycles. The van der Waals surface area contributed by atoms with E-state index in [1.807, 2.05) is 32.0 Å². The van der Waals surface area contributed by atoms with Crippen LogP contribution in [0.4, 0.5) is 10.5 Å². The lowest BCUT2D eigenvalue weighted by Gasteiger charge is -2.30. The summed E-state index contributed by atoms with van der Waals surface area (Å²) in [5.41, 5.74) is 6.26. The van der Waals surface area contributed by atoms with E-state index in [0.29, 0.717) is 25.2 Å². The Labute approximate surface area is 211 Å². The number of hydrogen-bond acceptors (Lipinski definition) is 5. The Morgan fingerprint density at radius 3 is 2.61 bits per heavy atom. The van der Waals surface area contributed by atoms with Crippen LogP contribution in [-0.2, 0) is 9.57 Å². The summed E-state index contributed by atoms with van der Waals surface area (Å²) in [6, 6.07) is 14.8. The lowest BCUT2D eigenvalue weighted by Crippen LogP contribution is -2.21. The van der Waals surface area contributed by atoms with Gasteiger partial charge in [-0.25, -0.2) is 4.79 Å². The Bertz CT molecular complexity index is 1300. The minimum Gasteiger partial charge on any atom is -0.494 e. The van der Waals surface area contributed by atoms with Crippen molar-refractivity contribution in [1.82, 2.24) is 4.57 Å². The van der Waals surface area contributed by atoms with Crippen molar-refractivity contribution in [1.29, 1.82) is 0 Å². The maximum Gasteiger partial charge on any atom is 0.411 e. The number of nitrogens with zero attached hydrogens (tertiary/aromatic N) is 2. The standard InChI is InChI=1S/C29H33N3O4/c1-3-34-23-13-14-24-26(17-23)32(22-5-4-6-22)28(27(24)25-15-16-35-31-25)20-9-11-21(12-10-20)30-29(33)36-18(2)19-7-8-19/h9-14,17-19,22H,3-8,15-16H2,1-2H3,(H,30,33). The van der Waals surface area contributed by atoms with Gasteiger partial charge in [0.05, 0.1) is 23.5 Å². The van der Waals surface area contributed by atoms with Crippen LogP contribution in [-0.4, -0.2) is 35.7 Å². The number of aromatic nitrogens is 1. The molecule has 2 heterocycles. The van der Waals surface area contributed by atoms with Gasteiger partial charge in [-0.05, 0) is 81.7 Å². The summed E-state index contributed by atoms with van der Waals surface area (Å²) >= 11 is 0. The van der Waals surface area contributed by atoms with Crippen LogP contribution in [0.2, 0.25) is 0 Å². The van der Waals surface area contributed by atoms with E-state index in [0.717, 1.165) is 66.1 Å². The van der Waals surface area contributed by atoms with Crippen LogP contribution in [0, 0.1) is 5.92 Å². The monoisotopic (exact) mass is 487 g/mol. The van der Waals surface area contributed by atoms with Crippen molar-refractivity contribution < 1.29 is 19.1 Å². The van der Waals surface area contributed by atoms with E-state index in [2.05, 4.69) is 39.3 Å². The number of fused-ring (bicyclic) bond motifs is 1. The van der Waals surface area contributed by atoms with Gasteiger partial charge in [0, 0.05) is 35.2 Å². The molecule has 1 amide bonds. The normalized spacial score (nSPS) is 18.3. The first-order valence-electron chi connectivity index (χ1n) is 13.2. The van der Waals surface area contributed by atoms with Gasteiger partial charge in [-0.1, -0.05) is 17.3 Å². The molecular weight excluding hydrogens is 454 g/mol. The van der Waals surface area contributed by atoms with Crippen LogP contribution in [0.5, 0.6) is 5.75 Å². The van der Waals surface area contributed by atoms with Gasteiger partial charge in [-0.2, -0.15) is 0 Å². The van der Waals surface area contributed by atoms with Gasteiger partial charge in [-0.15, -0.1) is 0 Å². The quantitative estimate of drug-likeness (QED) is 0.375. The van der Waals surface area contributed by atoms with Crippen molar-refractivity contribution in [3.63, 3.8) is 0 Å². The molecule has 0 bridgehead atoms. The van der Waals surface area contributed by atoms with E-state index in [4.69, 9.17) is 14.3 Å². The summed E-state index contributed by atoms with van der Waals surface area (Å²) in [6.07, 6.45) is 6.18. The number of carbonyl (C=O) groups is 1. The molecule has 2 aliphatic carbocycles. The third kappa shape index (κ3) is 4.31. The molecule has 0 saturated heterocycles. The molecule has 7 heteroatoms. The number of amides is 1. The fourth-order valence-corrected chi connectivity index (χ4v) is 5.32. The van der Waals surface area contributed by atoms with Gasteiger partial charge in [0.1, 0.15) is 18.5 Å². The highest BCUT2D eigenvalue weighted by Crippen LogP contribution is 2.44. The highest BCUT2D eigenvalue weighted by atomic mass is 16.6. The van der Waals surface area contributed by atoms with Gasteiger partial charge >= 0.3 is 6.09 Å². The molecule has 3 aromatic rings. The topological polar surface area (TPSA) is 74.1 Å². The Hall–Kier alpha value is -3.48. The third-order valence-electron chi connectivity index (χ3n) is 7.60. The molecule has 3 aliphatic rings. The molecule has 188 valence electrons. The summed E-state index contributed by atoms with van der Waals surface area (Å²) in [5, 5.41) is 8.47. The molecule has 36 heavy (non-hydrogen) atoms. The summed E-state index contributed by atoms with van der Waals surface area (Å²) in [5.74, 6) is 1.39. The summed E-state index contributed by atoms with van der Waals surface area (Å²) in [6.45, 7) is 5.21. The maximum absolute atomic E-state index is 12.4. The Balaban J connectivity index is 1.39. The molecule has 1 unspecified atom stereocenters. The van der Waals surface area contributed by atoms with Crippen LogP contribution in [0.15, 0.2) is 47.6 Å². The molecule has 1 atom stereocenters. The molecule has 2 aromatic carbocycles. The molecule has 1 aromatic heterocycles. The maximum atomic E-state index is 12.4. The predicted molar refractivity (Wildman–Crippen MR) is 141 cm³/mol. The first-order chi connectivity index (χ1) is 17.6. The molecular formula is C29H33N3O4.